The minimum absolute atomic E-state index is 0.0693. The van der Waals surface area contributed by atoms with Crippen molar-refractivity contribution >= 4 is 23.2 Å². The number of hydrogen-bond donors (Lipinski definition) is 4. The third-order valence-electron chi connectivity index (χ3n) is 5.78. The average molecular weight is 409 g/mol. The SMILES string of the molecule is Cc1cc(NC(=O)C2CC3(CN2)C(=O)Nc2ccc(CC(C)(C)C)cc23)cc(=O)[nH]1. The number of aryl methyl sites for hydroxylation is 1. The van der Waals surface area contributed by atoms with Crippen molar-refractivity contribution < 1.29 is 9.59 Å². The molecular formula is C23H28N4O3. The summed E-state index contributed by atoms with van der Waals surface area (Å²) in [4.78, 5) is 40.1. The molecule has 1 spiro atoms. The molecule has 3 heterocycles. The van der Waals surface area contributed by atoms with Crippen molar-refractivity contribution in [2.75, 3.05) is 17.2 Å². The largest absolute Gasteiger partial charge is 0.326 e. The van der Waals surface area contributed by atoms with Crippen LogP contribution in [0.1, 0.15) is 44.0 Å². The molecule has 0 bridgehead atoms. The number of nitrogens with one attached hydrogen (secondary N) is 4. The highest BCUT2D eigenvalue weighted by Gasteiger charge is 2.53. The fourth-order valence-corrected chi connectivity index (χ4v) is 4.52. The second kappa shape index (κ2) is 7.09. The first-order chi connectivity index (χ1) is 14.1. The van der Waals surface area contributed by atoms with Crippen LogP contribution in [0, 0.1) is 12.3 Å². The van der Waals surface area contributed by atoms with Gasteiger partial charge in [-0.05, 0) is 48.4 Å². The van der Waals surface area contributed by atoms with E-state index in [9.17, 15) is 14.4 Å². The smallest absolute Gasteiger partial charge is 0.250 e. The van der Waals surface area contributed by atoms with Gasteiger partial charge in [0, 0.05) is 29.7 Å². The molecule has 2 aliphatic rings. The van der Waals surface area contributed by atoms with Crippen LogP contribution in [0.2, 0.25) is 0 Å². The molecule has 2 atom stereocenters. The van der Waals surface area contributed by atoms with E-state index in [1.165, 1.54) is 11.6 Å². The van der Waals surface area contributed by atoms with Crippen LogP contribution in [-0.4, -0.2) is 29.4 Å². The zero-order valence-corrected chi connectivity index (χ0v) is 17.8. The van der Waals surface area contributed by atoms with Gasteiger partial charge < -0.3 is 20.9 Å². The van der Waals surface area contributed by atoms with Crippen LogP contribution in [-0.2, 0) is 21.4 Å². The first-order valence-electron chi connectivity index (χ1n) is 10.3. The monoisotopic (exact) mass is 408 g/mol. The Kier molecular flexibility index (Phi) is 4.81. The summed E-state index contributed by atoms with van der Waals surface area (Å²) in [6.45, 7) is 8.72. The predicted octanol–water partition coefficient (Wildman–Crippen LogP) is 2.46. The van der Waals surface area contributed by atoms with Crippen LogP contribution < -0.4 is 21.5 Å². The molecule has 1 saturated heterocycles. The standard InChI is InChI=1S/C23H28N4O3/c1-13-7-15(9-19(28)25-13)26-20(29)18-11-23(12-24-18)16-8-14(10-22(2,3)4)5-6-17(16)27-21(23)30/h5-9,18,24H,10-12H2,1-4H3,(H,27,30)(H2,25,26,28,29). The summed E-state index contributed by atoms with van der Waals surface area (Å²) in [5.41, 5.74) is 3.21. The molecule has 0 radical (unpaired) electrons. The van der Waals surface area contributed by atoms with E-state index in [2.05, 4.69) is 53.8 Å². The van der Waals surface area contributed by atoms with Gasteiger partial charge in [-0.2, -0.15) is 0 Å². The average Bonchev–Trinajstić information content (AvgIpc) is 3.17. The summed E-state index contributed by atoms with van der Waals surface area (Å²) in [7, 11) is 0. The predicted molar refractivity (Wildman–Crippen MR) is 117 cm³/mol. The Hall–Kier alpha value is -2.93. The van der Waals surface area contributed by atoms with Gasteiger partial charge in [-0.15, -0.1) is 0 Å². The summed E-state index contributed by atoms with van der Waals surface area (Å²) in [6, 6.07) is 8.68. The van der Waals surface area contributed by atoms with E-state index in [4.69, 9.17) is 0 Å². The van der Waals surface area contributed by atoms with Gasteiger partial charge in [-0.25, -0.2) is 0 Å². The number of H-pyrrole nitrogens is 1. The first-order valence-corrected chi connectivity index (χ1v) is 10.3. The molecule has 158 valence electrons. The van der Waals surface area contributed by atoms with Gasteiger partial charge in [0.1, 0.15) is 0 Å². The lowest BCUT2D eigenvalue weighted by Crippen LogP contribution is -2.36. The molecule has 4 rings (SSSR count). The zero-order valence-electron chi connectivity index (χ0n) is 17.8. The third kappa shape index (κ3) is 3.77. The molecule has 7 heteroatoms. The fraction of sp³-hybridized carbons (Fsp3) is 0.435. The molecule has 2 aromatic rings. The first kappa shape index (κ1) is 20.3. The number of fused-ring (bicyclic) bond motifs is 2. The molecule has 0 aliphatic carbocycles. The quantitative estimate of drug-likeness (QED) is 0.626. The second-order valence-electron chi connectivity index (χ2n) is 9.70. The van der Waals surface area contributed by atoms with Gasteiger partial charge >= 0.3 is 0 Å². The number of rotatable bonds is 3. The second-order valence-corrected chi connectivity index (χ2v) is 9.70. The molecule has 2 unspecified atom stereocenters. The van der Waals surface area contributed by atoms with Gasteiger partial charge in [-0.3, -0.25) is 14.4 Å². The van der Waals surface area contributed by atoms with Gasteiger partial charge in [-0.1, -0.05) is 32.9 Å². The molecule has 7 nitrogen and oxygen atoms in total. The topological polar surface area (TPSA) is 103 Å². The number of carbonyl (C=O) groups is 2. The van der Waals surface area contributed by atoms with Gasteiger partial charge in [0.05, 0.1) is 11.5 Å². The molecule has 2 amide bonds. The van der Waals surface area contributed by atoms with Gasteiger partial charge in [0.15, 0.2) is 0 Å². The van der Waals surface area contributed by atoms with Crippen molar-refractivity contribution in [2.24, 2.45) is 5.41 Å². The molecular weight excluding hydrogens is 380 g/mol. The lowest BCUT2D eigenvalue weighted by Gasteiger charge is -2.23. The van der Waals surface area contributed by atoms with E-state index < -0.39 is 11.5 Å². The molecule has 4 N–H and O–H groups in total. The van der Waals surface area contributed by atoms with E-state index in [1.807, 2.05) is 6.07 Å². The summed E-state index contributed by atoms with van der Waals surface area (Å²) in [6.07, 6.45) is 1.28. The van der Waals surface area contributed by atoms with Gasteiger partial charge in [0.25, 0.3) is 0 Å². The molecule has 0 saturated carbocycles. The number of anilines is 2. The van der Waals surface area contributed by atoms with E-state index >= 15 is 0 Å². The fourth-order valence-electron chi connectivity index (χ4n) is 4.52. The maximum Gasteiger partial charge on any atom is 0.250 e. The zero-order chi connectivity index (χ0) is 21.7. The normalized spacial score (nSPS) is 22.8. The number of aromatic nitrogens is 1. The molecule has 2 aliphatic heterocycles. The minimum atomic E-state index is -0.755. The number of aromatic amines is 1. The lowest BCUT2D eigenvalue weighted by atomic mass is 9.78. The molecule has 30 heavy (non-hydrogen) atoms. The lowest BCUT2D eigenvalue weighted by molar-refractivity contribution is -0.120. The molecule has 1 aromatic carbocycles. The number of carbonyl (C=O) groups excluding carboxylic acids is 2. The third-order valence-corrected chi connectivity index (χ3v) is 5.78. The summed E-state index contributed by atoms with van der Waals surface area (Å²) in [5.74, 6) is -0.316. The van der Waals surface area contributed by atoms with Crippen LogP contribution in [0.3, 0.4) is 0 Å². The summed E-state index contributed by atoms with van der Waals surface area (Å²) < 4.78 is 0. The molecule has 1 aromatic heterocycles. The Balaban J connectivity index is 1.57. The number of benzene rings is 1. The van der Waals surface area contributed by atoms with Crippen LogP contribution in [0.15, 0.2) is 35.1 Å². The van der Waals surface area contributed by atoms with Crippen LogP contribution in [0.4, 0.5) is 11.4 Å². The highest BCUT2D eigenvalue weighted by Crippen LogP contribution is 2.44. The summed E-state index contributed by atoms with van der Waals surface area (Å²) >= 11 is 0. The minimum Gasteiger partial charge on any atom is -0.326 e. The van der Waals surface area contributed by atoms with E-state index in [0.717, 1.165) is 17.7 Å². The van der Waals surface area contributed by atoms with Crippen molar-refractivity contribution in [3.8, 4) is 0 Å². The number of pyridine rings is 1. The van der Waals surface area contributed by atoms with Crippen LogP contribution in [0.25, 0.3) is 0 Å². The van der Waals surface area contributed by atoms with Gasteiger partial charge in [0.2, 0.25) is 17.4 Å². The van der Waals surface area contributed by atoms with Crippen molar-refractivity contribution in [3.05, 3.63) is 57.5 Å². The molecule has 1 fully saturated rings. The van der Waals surface area contributed by atoms with Crippen molar-refractivity contribution in [1.82, 2.24) is 10.3 Å². The van der Waals surface area contributed by atoms with Crippen LogP contribution in [0.5, 0.6) is 0 Å². The van der Waals surface area contributed by atoms with Crippen molar-refractivity contribution in [3.63, 3.8) is 0 Å². The highest BCUT2D eigenvalue weighted by atomic mass is 16.2. The van der Waals surface area contributed by atoms with Crippen molar-refractivity contribution in [2.45, 2.75) is 52.0 Å². The Bertz CT molecular complexity index is 1080. The van der Waals surface area contributed by atoms with E-state index in [-0.39, 0.29) is 22.8 Å². The number of hydrogen-bond acceptors (Lipinski definition) is 4. The van der Waals surface area contributed by atoms with Crippen molar-refractivity contribution in [1.29, 1.82) is 0 Å². The Labute approximate surface area is 175 Å². The van der Waals surface area contributed by atoms with E-state index in [0.29, 0.717) is 24.3 Å². The number of amides is 2. The maximum absolute atomic E-state index is 12.9. The Morgan fingerprint density at radius 2 is 1.97 bits per heavy atom. The van der Waals surface area contributed by atoms with Crippen LogP contribution >= 0.6 is 0 Å². The maximum atomic E-state index is 12.9. The highest BCUT2D eigenvalue weighted by molar-refractivity contribution is 6.08. The Morgan fingerprint density at radius 1 is 1.20 bits per heavy atom. The Morgan fingerprint density at radius 3 is 2.67 bits per heavy atom. The summed E-state index contributed by atoms with van der Waals surface area (Å²) in [5, 5.41) is 9.01. The van der Waals surface area contributed by atoms with E-state index in [1.54, 1.807) is 13.0 Å².